The van der Waals surface area contributed by atoms with Gasteiger partial charge in [-0.05, 0) is 40.9 Å². The van der Waals surface area contributed by atoms with Gasteiger partial charge in [-0.1, -0.05) is 6.07 Å². The van der Waals surface area contributed by atoms with Crippen molar-refractivity contribution in [1.29, 1.82) is 0 Å². The molecule has 0 radical (unpaired) electrons. The van der Waals surface area contributed by atoms with E-state index in [1.807, 2.05) is 12.3 Å². The molecule has 0 N–H and O–H groups in total. The lowest BCUT2D eigenvalue weighted by Crippen LogP contribution is -2.20. The fraction of sp³-hybridized carbons (Fsp3) is 0.364. The minimum atomic E-state index is 1.01. The highest BCUT2D eigenvalue weighted by atomic mass is 79.9. The number of rotatable bonds is 1. The molecule has 0 amide bonds. The Morgan fingerprint density at radius 1 is 1.20 bits per heavy atom. The average Bonchev–Trinajstić information content (AvgIpc) is 2.88. The molecule has 3 nitrogen and oxygen atoms in total. The van der Waals surface area contributed by atoms with Crippen LogP contribution in [0.25, 0.3) is 5.65 Å². The van der Waals surface area contributed by atoms with Crippen LogP contribution in [0.1, 0.15) is 12.8 Å². The predicted molar refractivity (Wildman–Crippen MR) is 64.3 cm³/mol. The zero-order chi connectivity index (χ0) is 10.3. The maximum absolute atomic E-state index is 4.34. The molecule has 3 heterocycles. The molecule has 0 aromatic carbocycles. The van der Waals surface area contributed by atoms with Gasteiger partial charge in [-0.2, -0.15) is 0 Å². The Kier molecular flexibility index (Phi) is 2.16. The number of halogens is 1. The zero-order valence-corrected chi connectivity index (χ0v) is 9.94. The summed E-state index contributed by atoms with van der Waals surface area (Å²) in [4.78, 5) is 6.76. The van der Waals surface area contributed by atoms with E-state index in [0.29, 0.717) is 0 Å². The van der Waals surface area contributed by atoms with E-state index in [0.717, 1.165) is 23.3 Å². The van der Waals surface area contributed by atoms with E-state index in [-0.39, 0.29) is 0 Å². The standard InChI is InChI=1S/C11H12BrN3/c12-9-8-13-10-4-3-5-11(15(9)10)14-6-1-2-7-14/h3-5,8H,1-2,6-7H2. The molecule has 1 saturated heterocycles. The first-order chi connectivity index (χ1) is 7.36. The van der Waals surface area contributed by atoms with Gasteiger partial charge in [0.25, 0.3) is 0 Å². The highest BCUT2D eigenvalue weighted by molar-refractivity contribution is 9.10. The van der Waals surface area contributed by atoms with Crippen LogP contribution in [0.4, 0.5) is 5.82 Å². The number of pyridine rings is 1. The highest BCUT2D eigenvalue weighted by Gasteiger charge is 2.15. The van der Waals surface area contributed by atoms with Crippen LogP contribution in [0.2, 0.25) is 0 Å². The van der Waals surface area contributed by atoms with Crippen molar-refractivity contribution in [3.8, 4) is 0 Å². The molecule has 1 aliphatic heterocycles. The summed E-state index contributed by atoms with van der Waals surface area (Å²) in [6.07, 6.45) is 4.44. The zero-order valence-electron chi connectivity index (χ0n) is 8.36. The molecule has 2 aromatic rings. The quantitative estimate of drug-likeness (QED) is 0.791. The van der Waals surface area contributed by atoms with Crippen LogP contribution in [0, 0.1) is 0 Å². The molecule has 0 saturated carbocycles. The summed E-state index contributed by atoms with van der Waals surface area (Å²) >= 11 is 3.54. The van der Waals surface area contributed by atoms with Gasteiger partial charge in [0.05, 0.1) is 6.20 Å². The summed E-state index contributed by atoms with van der Waals surface area (Å²) in [7, 11) is 0. The largest absolute Gasteiger partial charge is 0.358 e. The minimum Gasteiger partial charge on any atom is -0.358 e. The van der Waals surface area contributed by atoms with Crippen LogP contribution in [0.15, 0.2) is 29.0 Å². The Balaban J connectivity index is 2.19. The molecule has 0 unspecified atom stereocenters. The third-order valence-corrected chi connectivity index (χ3v) is 3.46. The predicted octanol–water partition coefficient (Wildman–Crippen LogP) is 2.70. The molecule has 0 atom stereocenters. The highest BCUT2D eigenvalue weighted by Crippen LogP contribution is 2.24. The van der Waals surface area contributed by atoms with Gasteiger partial charge in [-0.25, -0.2) is 4.98 Å². The number of aromatic nitrogens is 2. The number of imidazole rings is 1. The molecule has 4 heteroatoms. The maximum Gasteiger partial charge on any atom is 0.139 e. The van der Waals surface area contributed by atoms with E-state index in [1.54, 1.807) is 0 Å². The lowest BCUT2D eigenvalue weighted by molar-refractivity contribution is 0.913. The van der Waals surface area contributed by atoms with Crippen molar-refractivity contribution in [1.82, 2.24) is 9.38 Å². The third kappa shape index (κ3) is 1.44. The van der Waals surface area contributed by atoms with Gasteiger partial charge >= 0.3 is 0 Å². The Bertz CT molecular complexity index is 486. The van der Waals surface area contributed by atoms with Crippen molar-refractivity contribution in [2.45, 2.75) is 12.8 Å². The number of fused-ring (bicyclic) bond motifs is 1. The Hall–Kier alpha value is -1.03. The van der Waals surface area contributed by atoms with E-state index < -0.39 is 0 Å². The molecule has 3 rings (SSSR count). The molecule has 1 aliphatic rings. The molecule has 0 bridgehead atoms. The van der Waals surface area contributed by atoms with Gasteiger partial charge < -0.3 is 4.90 Å². The van der Waals surface area contributed by atoms with E-state index in [1.165, 1.54) is 18.7 Å². The van der Waals surface area contributed by atoms with Gasteiger partial charge in [-0.3, -0.25) is 4.40 Å². The number of hydrogen-bond donors (Lipinski definition) is 0. The summed E-state index contributed by atoms with van der Waals surface area (Å²) in [5.41, 5.74) is 1.01. The van der Waals surface area contributed by atoms with Gasteiger partial charge in [-0.15, -0.1) is 0 Å². The molecule has 2 aromatic heterocycles. The van der Waals surface area contributed by atoms with Gasteiger partial charge in [0.1, 0.15) is 16.1 Å². The Labute approximate surface area is 96.9 Å². The lowest BCUT2D eigenvalue weighted by Gasteiger charge is -2.19. The normalized spacial score (nSPS) is 16.5. The summed E-state index contributed by atoms with van der Waals surface area (Å²) in [6.45, 7) is 2.31. The molecule has 0 spiro atoms. The molecular formula is C11H12BrN3. The van der Waals surface area contributed by atoms with Gasteiger partial charge in [0.15, 0.2) is 0 Å². The van der Waals surface area contributed by atoms with Crippen LogP contribution in [-0.4, -0.2) is 22.5 Å². The van der Waals surface area contributed by atoms with Crippen LogP contribution in [0.3, 0.4) is 0 Å². The molecule has 78 valence electrons. The molecule has 15 heavy (non-hydrogen) atoms. The monoisotopic (exact) mass is 265 g/mol. The van der Waals surface area contributed by atoms with E-state index in [4.69, 9.17) is 0 Å². The number of hydrogen-bond acceptors (Lipinski definition) is 2. The topological polar surface area (TPSA) is 20.5 Å². The summed E-state index contributed by atoms with van der Waals surface area (Å²) in [6, 6.07) is 6.26. The number of anilines is 1. The van der Waals surface area contributed by atoms with Crippen molar-refractivity contribution >= 4 is 27.4 Å². The third-order valence-electron chi connectivity index (χ3n) is 2.90. The van der Waals surface area contributed by atoms with E-state index in [2.05, 4.69) is 42.3 Å². The summed E-state index contributed by atoms with van der Waals surface area (Å²) < 4.78 is 3.19. The second-order valence-electron chi connectivity index (χ2n) is 3.85. The Morgan fingerprint density at radius 2 is 2.00 bits per heavy atom. The first-order valence-electron chi connectivity index (χ1n) is 5.23. The van der Waals surface area contributed by atoms with Crippen LogP contribution in [-0.2, 0) is 0 Å². The van der Waals surface area contributed by atoms with Gasteiger partial charge in [0.2, 0.25) is 0 Å². The van der Waals surface area contributed by atoms with Crippen molar-refractivity contribution in [3.63, 3.8) is 0 Å². The summed E-state index contributed by atoms with van der Waals surface area (Å²) in [5, 5.41) is 0. The second kappa shape index (κ2) is 3.52. The lowest BCUT2D eigenvalue weighted by atomic mass is 10.4. The number of nitrogens with zero attached hydrogens (tertiary/aromatic N) is 3. The molecule has 1 fully saturated rings. The fourth-order valence-electron chi connectivity index (χ4n) is 2.18. The van der Waals surface area contributed by atoms with Crippen molar-refractivity contribution in [3.05, 3.63) is 29.0 Å². The van der Waals surface area contributed by atoms with E-state index >= 15 is 0 Å². The second-order valence-corrected chi connectivity index (χ2v) is 4.67. The smallest absolute Gasteiger partial charge is 0.139 e. The fourth-order valence-corrected chi connectivity index (χ4v) is 2.64. The molecule has 0 aliphatic carbocycles. The van der Waals surface area contributed by atoms with Crippen molar-refractivity contribution < 1.29 is 0 Å². The van der Waals surface area contributed by atoms with Crippen LogP contribution >= 0.6 is 15.9 Å². The summed E-state index contributed by atoms with van der Waals surface area (Å²) in [5.74, 6) is 1.24. The minimum absolute atomic E-state index is 1.01. The van der Waals surface area contributed by atoms with Crippen LogP contribution < -0.4 is 4.90 Å². The SMILES string of the molecule is Brc1cnc2cccc(N3CCCC3)n12. The van der Waals surface area contributed by atoms with E-state index in [9.17, 15) is 0 Å². The average molecular weight is 266 g/mol. The first kappa shape index (κ1) is 9.21. The van der Waals surface area contributed by atoms with Crippen LogP contribution in [0.5, 0.6) is 0 Å². The van der Waals surface area contributed by atoms with Crippen molar-refractivity contribution in [2.24, 2.45) is 0 Å². The maximum atomic E-state index is 4.34. The first-order valence-corrected chi connectivity index (χ1v) is 6.02. The van der Waals surface area contributed by atoms with Gasteiger partial charge in [0, 0.05) is 13.1 Å². The Morgan fingerprint density at radius 3 is 2.80 bits per heavy atom. The molecular weight excluding hydrogens is 254 g/mol. The van der Waals surface area contributed by atoms with Crippen molar-refractivity contribution in [2.75, 3.05) is 18.0 Å².